The summed E-state index contributed by atoms with van der Waals surface area (Å²) >= 11 is 12.0. The number of aryl methyl sites for hydroxylation is 1. The van der Waals surface area contributed by atoms with Crippen molar-refractivity contribution in [2.24, 2.45) is 0 Å². The monoisotopic (exact) mass is 417 g/mol. The number of aromatic nitrogens is 2. The van der Waals surface area contributed by atoms with Crippen molar-refractivity contribution < 1.29 is 9.53 Å². The molecule has 0 atom stereocenters. The number of benzene rings is 2. The van der Waals surface area contributed by atoms with Gasteiger partial charge in [-0.05, 0) is 48.9 Å². The maximum absolute atomic E-state index is 12.8. The summed E-state index contributed by atoms with van der Waals surface area (Å²) in [7, 11) is 1.78. The van der Waals surface area contributed by atoms with E-state index in [0.717, 1.165) is 17.8 Å². The van der Waals surface area contributed by atoms with Crippen LogP contribution in [-0.4, -0.2) is 27.6 Å². The average molecular weight is 418 g/mol. The van der Waals surface area contributed by atoms with Crippen molar-refractivity contribution in [3.05, 3.63) is 81.6 Å². The molecule has 0 radical (unpaired) electrons. The molecule has 7 heteroatoms. The maximum Gasteiger partial charge on any atom is 0.253 e. The van der Waals surface area contributed by atoms with Gasteiger partial charge in [-0.25, -0.2) is 0 Å². The Morgan fingerprint density at radius 2 is 2.00 bits per heavy atom. The minimum atomic E-state index is -0.0600. The molecule has 1 amide bonds. The standard InChI is InChI=1S/C21H21Cl2N3O2/c1-3-26-18(9-10-24-26)13-25(2)21(27)16-6-4-5-15(11-16)14-28-20-8-7-17(22)12-19(20)23/h4-12H,3,13-14H2,1-2H3. The fourth-order valence-electron chi connectivity index (χ4n) is 2.86. The molecule has 5 nitrogen and oxygen atoms in total. The highest BCUT2D eigenvalue weighted by Gasteiger charge is 2.14. The Labute approximate surface area is 174 Å². The van der Waals surface area contributed by atoms with Gasteiger partial charge in [-0.3, -0.25) is 9.48 Å². The molecule has 1 heterocycles. The molecule has 0 fully saturated rings. The van der Waals surface area contributed by atoms with E-state index in [1.54, 1.807) is 42.4 Å². The lowest BCUT2D eigenvalue weighted by atomic mass is 10.1. The second kappa shape index (κ2) is 9.13. The molecule has 146 valence electrons. The SMILES string of the molecule is CCn1nccc1CN(C)C(=O)c1cccc(COc2ccc(Cl)cc2Cl)c1. The lowest BCUT2D eigenvalue weighted by Crippen LogP contribution is -2.27. The molecule has 28 heavy (non-hydrogen) atoms. The second-order valence-corrected chi connectivity index (χ2v) is 7.21. The van der Waals surface area contributed by atoms with Gasteiger partial charge in [0.2, 0.25) is 0 Å². The lowest BCUT2D eigenvalue weighted by Gasteiger charge is -2.18. The summed E-state index contributed by atoms with van der Waals surface area (Å²) in [5, 5.41) is 5.25. The van der Waals surface area contributed by atoms with Gasteiger partial charge in [0, 0.05) is 30.4 Å². The molecular formula is C21H21Cl2N3O2. The van der Waals surface area contributed by atoms with Gasteiger partial charge in [0.05, 0.1) is 17.3 Å². The van der Waals surface area contributed by atoms with Gasteiger partial charge in [-0.2, -0.15) is 5.10 Å². The minimum absolute atomic E-state index is 0.0600. The number of hydrogen-bond acceptors (Lipinski definition) is 3. The van der Waals surface area contributed by atoms with Gasteiger partial charge < -0.3 is 9.64 Å². The molecule has 0 aliphatic heterocycles. The first-order chi connectivity index (χ1) is 13.5. The van der Waals surface area contributed by atoms with Crippen molar-refractivity contribution in [1.82, 2.24) is 14.7 Å². The van der Waals surface area contributed by atoms with E-state index in [1.165, 1.54) is 0 Å². The van der Waals surface area contributed by atoms with Crippen LogP contribution in [0.3, 0.4) is 0 Å². The van der Waals surface area contributed by atoms with Gasteiger partial charge in [0.15, 0.2) is 0 Å². The van der Waals surface area contributed by atoms with Crippen molar-refractivity contribution in [3.8, 4) is 5.75 Å². The Bertz CT molecular complexity index is 972. The summed E-state index contributed by atoms with van der Waals surface area (Å²) in [6.07, 6.45) is 1.75. The highest BCUT2D eigenvalue weighted by molar-refractivity contribution is 6.35. The van der Waals surface area contributed by atoms with Crippen LogP contribution >= 0.6 is 23.2 Å². The second-order valence-electron chi connectivity index (χ2n) is 6.36. The van der Waals surface area contributed by atoms with Crippen LogP contribution in [0.2, 0.25) is 10.0 Å². The zero-order valence-corrected chi connectivity index (χ0v) is 17.2. The van der Waals surface area contributed by atoms with Crippen molar-refractivity contribution in [1.29, 1.82) is 0 Å². The zero-order chi connectivity index (χ0) is 20.1. The Hall–Kier alpha value is -2.50. The van der Waals surface area contributed by atoms with Crippen molar-refractivity contribution in [2.75, 3.05) is 7.05 Å². The average Bonchev–Trinajstić information content (AvgIpc) is 3.14. The summed E-state index contributed by atoms with van der Waals surface area (Å²) in [6, 6.07) is 14.4. The fourth-order valence-corrected chi connectivity index (χ4v) is 3.32. The molecule has 0 bridgehead atoms. The Kier molecular flexibility index (Phi) is 6.60. The van der Waals surface area contributed by atoms with Crippen molar-refractivity contribution >= 4 is 29.1 Å². The topological polar surface area (TPSA) is 47.4 Å². The molecular weight excluding hydrogens is 397 g/mol. The first-order valence-corrected chi connectivity index (χ1v) is 9.66. The van der Waals surface area contributed by atoms with E-state index in [9.17, 15) is 4.79 Å². The summed E-state index contributed by atoms with van der Waals surface area (Å²) in [5.74, 6) is 0.489. The van der Waals surface area contributed by atoms with E-state index in [1.807, 2.05) is 35.9 Å². The quantitative estimate of drug-likeness (QED) is 0.539. The van der Waals surface area contributed by atoms with Crippen LogP contribution in [0.1, 0.15) is 28.5 Å². The number of amides is 1. The van der Waals surface area contributed by atoms with Gasteiger partial charge >= 0.3 is 0 Å². The Morgan fingerprint density at radius 1 is 1.18 bits per heavy atom. The third-order valence-corrected chi connectivity index (χ3v) is 4.84. The molecule has 0 unspecified atom stereocenters. The molecule has 2 aromatic carbocycles. The number of carbonyl (C=O) groups excluding carboxylic acids is 1. The molecule has 3 aromatic rings. The smallest absolute Gasteiger partial charge is 0.253 e. The van der Waals surface area contributed by atoms with Gasteiger partial charge in [0.25, 0.3) is 5.91 Å². The van der Waals surface area contributed by atoms with Crippen molar-refractivity contribution in [2.45, 2.75) is 26.6 Å². The molecule has 0 saturated heterocycles. The molecule has 0 spiro atoms. The van der Waals surface area contributed by atoms with E-state index in [4.69, 9.17) is 27.9 Å². The summed E-state index contributed by atoms with van der Waals surface area (Å²) in [5.41, 5.74) is 2.48. The van der Waals surface area contributed by atoms with E-state index in [0.29, 0.717) is 34.5 Å². The predicted molar refractivity (Wildman–Crippen MR) is 111 cm³/mol. The predicted octanol–water partition coefficient (Wildman–Crippen LogP) is 5.06. The lowest BCUT2D eigenvalue weighted by molar-refractivity contribution is 0.0781. The maximum atomic E-state index is 12.8. The third kappa shape index (κ3) is 4.86. The number of ether oxygens (including phenoxy) is 1. The van der Waals surface area contributed by atoms with Crippen LogP contribution in [0.15, 0.2) is 54.7 Å². The normalized spacial score (nSPS) is 10.7. The fraction of sp³-hybridized carbons (Fsp3) is 0.238. The van der Waals surface area contributed by atoms with Crippen LogP contribution in [0, 0.1) is 0 Å². The molecule has 0 aliphatic rings. The van der Waals surface area contributed by atoms with Crippen LogP contribution in [0.4, 0.5) is 0 Å². The van der Waals surface area contributed by atoms with Gasteiger partial charge in [-0.15, -0.1) is 0 Å². The van der Waals surface area contributed by atoms with Crippen LogP contribution < -0.4 is 4.74 Å². The van der Waals surface area contributed by atoms with E-state index >= 15 is 0 Å². The first-order valence-electron chi connectivity index (χ1n) is 8.91. The molecule has 0 aliphatic carbocycles. The highest BCUT2D eigenvalue weighted by Crippen LogP contribution is 2.28. The summed E-state index contributed by atoms with van der Waals surface area (Å²) < 4.78 is 7.64. The molecule has 0 N–H and O–H groups in total. The first kappa shape index (κ1) is 20.2. The highest BCUT2D eigenvalue weighted by atomic mass is 35.5. The zero-order valence-electron chi connectivity index (χ0n) is 15.7. The van der Waals surface area contributed by atoms with Crippen LogP contribution in [-0.2, 0) is 19.7 Å². The number of rotatable bonds is 7. The van der Waals surface area contributed by atoms with Gasteiger partial charge in [-0.1, -0.05) is 35.3 Å². The number of nitrogens with zero attached hydrogens (tertiary/aromatic N) is 3. The Morgan fingerprint density at radius 3 is 2.75 bits per heavy atom. The van der Waals surface area contributed by atoms with Crippen LogP contribution in [0.25, 0.3) is 0 Å². The summed E-state index contributed by atoms with van der Waals surface area (Å²) in [4.78, 5) is 14.5. The van der Waals surface area contributed by atoms with E-state index in [-0.39, 0.29) is 5.91 Å². The molecule has 0 saturated carbocycles. The number of hydrogen-bond donors (Lipinski definition) is 0. The van der Waals surface area contributed by atoms with Gasteiger partial charge in [0.1, 0.15) is 12.4 Å². The minimum Gasteiger partial charge on any atom is -0.487 e. The van der Waals surface area contributed by atoms with E-state index in [2.05, 4.69) is 5.10 Å². The van der Waals surface area contributed by atoms with E-state index < -0.39 is 0 Å². The van der Waals surface area contributed by atoms with Crippen LogP contribution in [0.5, 0.6) is 5.75 Å². The molecule has 3 rings (SSSR count). The number of halogens is 2. The third-order valence-electron chi connectivity index (χ3n) is 4.31. The van der Waals surface area contributed by atoms with Crippen molar-refractivity contribution in [3.63, 3.8) is 0 Å². The molecule has 1 aromatic heterocycles. The summed E-state index contributed by atoms with van der Waals surface area (Å²) in [6.45, 7) is 3.59. The number of carbonyl (C=O) groups is 1. The Balaban J connectivity index is 1.67. The largest absolute Gasteiger partial charge is 0.487 e.